The lowest BCUT2D eigenvalue weighted by Gasteiger charge is -2.32. The van der Waals surface area contributed by atoms with Crippen LogP contribution in [0.25, 0.3) is 0 Å². The van der Waals surface area contributed by atoms with E-state index in [1.165, 1.54) is 0 Å². The molecule has 0 saturated carbocycles. The molecule has 0 radical (unpaired) electrons. The van der Waals surface area contributed by atoms with Crippen LogP contribution in [-0.2, 0) is 4.74 Å². The molecule has 1 unspecified atom stereocenters. The summed E-state index contributed by atoms with van der Waals surface area (Å²) in [6.45, 7) is 8.83. The fourth-order valence-corrected chi connectivity index (χ4v) is 1.48. The molecule has 0 aliphatic heterocycles. The first-order valence-electron chi connectivity index (χ1n) is 6.15. The molecule has 0 heterocycles. The summed E-state index contributed by atoms with van der Waals surface area (Å²) in [5.41, 5.74) is -0.265. The van der Waals surface area contributed by atoms with Crippen molar-refractivity contribution < 1.29 is 14.9 Å². The summed E-state index contributed by atoms with van der Waals surface area (Å²) in [6.07, 6.45) is 1.30. The highest BCUT2D eigenvalue weighted by Gasteiger charge is 2.25. The molecule has 0 spiro atoms. The fraction of sp³-hybridized carbons (Fsp3) is 1.00. The smallest absolute Gasteiger partial charge is 0.0898 e. The summed E-state index contributed by atoms with van der Waals surface area (Å²) in [5, 5.41) is 22.2. The Labute approximate surface area is 99.0 Å². The third kappa shape index (κ3) is 5.80. The quantitative estimate of drug-likeness (QED) is 0.554. The lowest BCUT2D eigenvalue weighted by Crippen LogP contribution is -2.50. The van der Waals surface area contributed by atoms with E-state index in [0.29, 0.717) is 13.2 Å². The SMILES string of the molecule is CCC(CC)(CO)NCC(O)COC(C)C. The summed E-state index contributed by atoms with van der Waals surface area (Å²) in [7, 11) is 0. The molecule has 98 valence electrons. The van der Waals surface area contributed by atoms with Crippen molar-refractivity contribution in [3.05, 3.63) is 0 Å². The van der Waals surface area contributed by atoms with Crippen LogP contribution in [0, 0.1) is 0 Å². The van der Waals surface area contributed by atoms with E-state index in [1.807, 2.05) is 27.7 Å². The van der Waals surface area contributed by atoms with Crippen LogP contribution in [0.5, 0.6) is 0 Å². The minimum Gasteiger partial charge on any atom is -0.394 e. The molecule has 0 bridgehead atoms. The molecule has 0 aromatic rings. The zero-order valence-corrected chi connectivity index (χ0v) is 11.0. The number of aliphatic hydroxyl groups excluding tert-OH is 2. The van der Waals surface area contributed by atoms with Gasteiger partial charge in [0.1, 0.15) is 0 Å². The van der Waals surface area contributed by atoms with E-state index in [4.69, 9.17) is 4.74 Å². The number of β-amino-alcohol motifs (C(OH)–C–C–N with tert-alkyl or cyclic N) is 1. The van der Waals surface area contributed by atoms with Crippen LogP contribution in [-0.4, -0.2) is 47.7 Å². The second kappa shape index (κ2) is 8.01. The van der Waals surface area contributed by atoms with Crippen molar-refractivity contribution in [2.24, 2.45) is 0 Å². The van der Waals surface area contributed by atoms with Crippen LogP contribution in [0.3, 0.4) is 0 Å². The van der Waals surface area contributed by atoms with E-state index in [-0.39, 0.29) is 18.2 Å². The minimum atomic E-state index is -0.522. The highest BCUT2D eigenvalue weighted by Crippen LogP contribution is 2.13. The fourth-order valence-electron chi connectivity index (χ4n) is 1.48. The molecule has 0 saturated heterocycles. The van der Waals surface area contributed by atoms with Crippen molar-refractivity contribution in [2.75, 3.05) is 19.8 Å². The lowest BCUT2D eigenvalue weighted by atomic mass is 9.94. The summed E-state index contributed by atoms with van der Waals surface area (Å²) >= 11 is 0. The Bertz CT molecular complexity index is 161. The molecular weight excluding hydrogens is 206 g/mol. The van der Waals surface area contributed by atoms with Gasteiger partial charge < -0.3 is 20.3 Å². The van der Waals surface area contributed by atoms with E-state index in [0.717, 1.165) is 12.8 Å². The van der Waals surface area contributed by atoms with Crippen molar-refractivity contribution in [1.82, 2.24) is 5.32 Å². The average molecular weight is 233 g/mol. The van der Waals surface area contributed by atoms with Gasteiger partial charge in [-0.15, -0.1) is 0 Å². The van der Waals surface area contributed by atoms with Gasteiger partial charge >= 0.3 is 0 Å². The summed E-state index contributed by atoms with van der Waals surface area (Å²) in [4.78, 5) is 0. The van der Waals surface area contributed by atoms with Crippen molar-refractivity contribution in [1.29, 1.82) is 0 Å². The van der Waals surface area contributed by atoms with Gasteiger partial charge in [0, 0.05) is 12.1 Å². The van der Waals surface area contributed by atoms with Gasteiger partial charge in [-0.25, -0.2) is 0 Å². The van der Waals surface area contributed by atoms with Crippen LogP contribution in [0.4, 0.5) is 0 Å². The van der Waals surface area contributed by atoms with Crippen molar-refractivity contribution >= 4 is 0 Å². The first-order valence-corrected chi connectivity index (χ1v) is 6.15. The van der Waals surface area contributed by atoms with E-state index in [1.54, 1.807) is 0 Å². The topological polar surface area (TPSA) is 61.7 Å². The van der Waals surface area contributed by atoms with E-state index in [2.05, 4.69) is 5.32 Å². The van der Waals surface area contributed by atoms with Gasteiger partial charge in [0.15, 0.2) is 0 Å². The van der Waals surface area contributed by atoms with Gasteiger partial charge in [-0.1, -0.05) is 13.8 Å². The first-order chi connectivity index (χ1) is 7.49. The molecular formula is C12H27NO3. The zero-order chi connectivity index (χ0) is 12.6. The molecule has 0 aliphatic carbocycles. The predicted octanol–water partition coefficient (Wildman–Crippen LogP) is 0.913. The molecule has 1 atom stereocenters. The molecule has 16 heavy (non-hydrogen) atoms. The minimum absolute atomic E-state index is 0.0950. The number of hydrogen-bond donors (Lipinski definition) is 3. The zero-order valence-electron chi connectivity index (χ0n) is 11.0. The maximum atomic E-state index is 9.68. The molecule has 0 rings (SSSR count). The highest BCUT2D eigenvalue weighted by atomic mass is 16.5. The predicted molar refractivity (Wildman–Crippen MR) is 65.5 cm³/mol. The van der Waals surface area contributed by atoms with Gasteiger partial charge in [0.05, 0.1) is 25.4 Å². The number of rotatable bonds is 9. The molecule has 0 amide bonds. The van der Waals surface area contributed by atoms with Crippen LogP contribution in [0.15, 0.2) is 0 Å². The van der Waals surface area contributed by atoms with Crippen molar-refractivity contribution in [3.8, 4) is 0 Å². The summed E-state index contributed by atoms with van der Waals surface area (Å²) in [5.74, 6) is 0. The van der Waals surface area contributed by atoms with Gasteiger partial charge in [-0.2, -0.15) is 0 Å². The van der Waals surface area contributed by atoms with Gasteiger partial charge in [0.2, 0.25) is 0 Å². The molecule has 3 N–H and O–H groups in total. The van der Waals surface area contributed by atoms with Gasteiger partial charge in [0.25, 0.3) is 0 Å². The maximum absolute atomic E-state index is 9.68. The molecule has 0 aromatic carbocycles. The van der Waals surface area contributed by atoms with Crippen LogP contribution < -0.4 is 5.32 Å². The standard InChI is InChI=1S/C12H27NO3/c1-5-12(6-2,9-14)13-7-11(15)8-16-10(3)4/h10-11,13-15H,5-9H2,1-4H3. The Morgan fingerprint density at radius 1 is 1.25 bits per heavy atom. The summed E-state index contributed by atoms with van der Waals surface area (Å²) < 4.78 is 5.32. The average Bonchev–Trinajstić information content (AvgIpc) is 2.29. The number of hydrogen-bond acceptors (Lipinski definition) is 4. The third-order valence-electron chi connectivity index (χ3n) is 2.99. The van der Waals surface area contributed by atoms with Gasteiger partial charge in [-0.05, 0) is 26.7 Å². The van der Waals surface area contributed by atoms with Crippen molar-refractivity contribution in [3.63, 3.8) is 0 Å². The van der Waals surface area contributed by atoms with Crippen molar-refractivity contribution in [2.45, 2.75) is 58.3 Å². The van der Waals surface area contributed by atoms with Crippen LogP contribution in [0.2, 0.25) is 0 Å². The van der Waals surface area contributed by atoms with E-state index >= 15 is 0 Å². The van der Waals surface area contributed by atoms with Crippen LogP contribution in [0.1, 0.15) is 40.5 Å². The molecule has 0 aromatic heterocycles. The molecule has 4 heteroatoms. The highest BCUT2D eigenvalue weighted by molar-refractivity contribution is 4.85. The Kier molecular flexibility index (Phi) is 7.93. The number of ether oxygens (including phenoxy) is 1. The van der Waals surface area contributed by atoms with Crippen LogP contribution >= 0.6 is 0 Å². The second-order valence-electron chi connectivity index (χ2n) is 4.56. The number of aliphatic hydroxyl groups is 2. The lowest BCUT2D eigenvalue weighted by molar-refractivity contribution is 0.000956. The Balaban J connectivity index is 3.91. The largest absolute Gasteiger partial charge is 0.394 e. The number of nitrogens with one attached hydrogen (secondary N) is 1. The monoisotopic (exact) mass is 233 g/mol. The Morgan fingerprint density at radius 3 is 2.19 bits per heavy atom. The maximum Gasteiger partial charge on any atom is 0.0898 e. The second-order valence-corrected chi connectivity index (χ2v) is 4.56. The molecule has 0 fully saturated rings. The van der Waals surface area contributed by atoms with E-state index in [9.17, 15) is 10.2 Å². The van der Waals surface area contributed by atoms with E-state index < -0.39 is 6.10 Å². The Hall–Kier alpha value is -0.160. The third-order valence-corrected chi connectivity index (χ3v) is 2.99. The Morgan fingerprint density at radius 2 is 1.81 bits per heavy atom. The first kappa shape index (κ1) is 15.8. The summed E-state index contributed by atoms with van der Waals surface area (Å²) in [6, 6.07) is 0. The molecule has 4 nitrogen and oxygen atoms in total. The normalized spacial score (nSPS) is 14.4. The molecule has 0 aliphatic rings. The van der Waals surface area contributed by atoms with Gasteiger partial charge in [-0.3, -0.25) is 0 Å².